The van der Waals surface area contributed by atoms with Gasteiger partial charge in [-0.1, -0.05) is 0 Å². The van der Waals surface area contributed by atoms with Crippen molar-refractivity contribution in [3.8, 4) is 0 Å². The summed E-state index contributed by atoms with van der Waals surface area (Å²) in [5, 5.41) is 24.3. The van der Waals surface area contributed by atoms with Crippen LogP contribution < -0.4 is 27.4 Å². The third-order valence-corrected chi connectivity index (χ3v) is 3.03. The molecule has 0 radical (unpaired) electrons. The second-order valence-corrected chi connectivity index (χ2v) is 5.34. The molecule has 0 saturated carbocycles. The van der Waals surface area contributed by atoms with Crippen LogP contribution in [0.2, 0.25) is 0 Å². The molecule has 12 nitrogen and oxygen atoms in total. The van der Waals surface area contributed by atoms with Crippen molar-refractivity contribution in [2.45, 2.75) is 44.5 Å². The minimum Gasteiger partial charge on any atom is -0.480 e. The molecule has 142 valence electrons. The van der Waals surface area contributed by atoms with Gasteiger partial charge in [-0.3, -0.25) is 24.0 Å². The Labute approximate surface area is 143 Å². The van der Waals surface area contributed by atoms with Gasteiger partial charge in [-0.15, -0.1) is 0 Å². The first-order chi connectivity index (χ1) is 11.5. The summed E-state index contributed by atoms with van der Waals surface area (Å²) in [6.45, 7) is 1.92. The first kappa shape index (κ1) is 22.3. The molecule has 25 heavy (non-hydrogen) atoms. The summed E-state index contributed by atoms with van der Waals surface area (Å²) in [5.41, 5.74) is 10.4. The van der Waals surface area contributed by atoms with Crippen LogP contribution in [0.1, 0.15) is 20.3 Å². The molecule has 0 bridgehead atoms. The Hall–Kier alpha value is -2.73. The van der Waals surface area contributed by atoms with Gasteiger partial charge in [0.1, 0.15) is 18.1 Å². The third kappa shape index (κ3) is 8.62. The summed E-state index contributed by atoms with van der Waals surface area (Å²) in [6, 6.07) is -3.89. The zero-order chi connectivity index (χ0) is 19.7. The highest BCUT2D eigenvalue weighted by molar-refractivity contribution is 5.95. The summed E-state index contributed by atoms with van der Waals surface area (Å²) in [7, 11) is 0. The maximum Gasteiger partial charge on any atom is 0.325 e. The maximum atomic E-state index is 12.0. The number of aliphatic carboxylic acids is 1. The molecule has 9 N–H and O–H groups in total. The van der Waals surface area contributed by atoms with Gasteiger partial charge >= 0.3 is 5.97 Å². The van der Waals surface area contributed by atoms with Crippen molar-refractivity contribution in [2.24, 2.45) is 11.5 Å². The highest BCUT2D eigenvalue weighted by Crippen LogP contribution is 1.96. The molecular weight excluding hydrogens is 338 g/mol. The molecule has 0 heterocycles. The smallest absolute Gasteiger partial charge is 0.325 e. The molecule has 12 heteroatoms. The van der Waals surface area contributed by atoms with Gasteiger partial charge in [0.05, 0.1) is 19.1 Å². The second-order valence-electron chi connectivity index (χ2n) is 5.34. The van der Waals surface area contributed by atoms with Crippen LogP contribution in [0, 0.1) is 0 Å². The van der Waals surface area contributed by atoms with Crippen LogP contribution in [0.3, 0.4) is 0 Å². The Morgan fingerprint density at radius 1 is 1.04 bits per heavy atom. The lowest BCUT2D eigenvalue weighted by molar-refractivity contribution is -0.141. The van der Waals surface area contributed by atoms with E-state index in [2.05, 4.69) is 16.0 Å². The lowest BCUT2D eigenvalue weighted by Crippen LogP contribution is -2.56. The summed E-state index contributed by atoms with van der Waals surface area (Å²) in [4.78, 5) is 56.9. The topological polar surface area (TPSA) is 214 Å². The van der Waals surface area contributed by atoms with E-state index in [4.69, 9.17) is 16.6 Å². The number of carboxylic acids is 1. The van der Waals surface area contributed by atoms with Crippen molar-refractivity contribution in [2.75, 3.05) is 6.54 Å². The van der Waals surface area contributed by atoms with E-state index < -0.39 is 66.8 Å². The largest absolute Gasteiger partial charge is 0.480 e. The van der Waals surface area contributed by atoms with Crippen molar-refractivity contribution < 1.29 is 34.2 Å². The van der Waals surface area contributed by atoms with Gasteiger partial charge < -0.3 is 37.6 Å². The average Bonchev–Trinajstić information content (AvgIpc) is 2.50. The quantitative estimate of drug-likeness (QED) is 0.202. The van der Waals surface area contributed by atoms with Crippen LogP contribution >= 0.6 is 0 Å². The average molecular weight is 361 g/mol. The van der Waals surface area contributed by atoms with Gasteiger partial charge in [-0.25, -0.2) is 0 Å². The fourth-order valence-electron chi connectivity index (χ4n) is 1.54. The number of carboxylic acid groups (broad SMARTS) is 1. The van der Waals surface area contributed by atoms with Gasteiger partial charge in [0.15, 0.2) is 0 Å². The van der Waals surface area contributed by atoms with E-state index in [1.165, 1.54) is 13.8 Å². The molecule has 0 rings (SSSR count). The second kappa shape index (κ2) is 10.2. The SMILES string of the molecule is CC(NC(=O)CNC(=O)C(CC(N)=O)NC(=O)C(N)C(C)O)C(=O)O. The summed E-state index contributed by atoms with van der Waals surface area (Å²) >= 11 is 0. The molecule has 0 aromatic heterocycles. The third-order valence-electron chi connectivity index (χ3n) is 3.03. The minimum absolute atomic E-state index is 0.558. The zero-order valence-electron chi connectivity index (χ0n) is 13.8. The number of nitrogens with two attached hydrogens (primary N) is 2. The Bertz CT molecular complexity index is 537. The molecule has 0 spiro atoms. The van der Waals surface area contributed by atoms with Crippen LogP contribution in [0.15, 0.2) is 0 Å². The van der Waals surface area contributed by atoms with Gasteiger partial charge in [-0.2, -0.15) is 0 Å². The highest BCUT2D eigenvalue weighted by Gasteiger charge is 2.27. The lowest BCUT2D eigenvalue weighted by Gasteiger charge is -2.21. The summed E-state index contributed by atoms with van der Waals surface area (Å²) < 4.78 is 0. The number of aliphatic hydroxyl groups excluding tert-OH is 1. The van der Waals surface area contributed by atoms with E-state index in [1.807, 2.05) is 0 Å². The number of hydrogen-bond donors (Lipinski definition) is 7. The van der Waals surface area contributed by atoms with Crippen molar-refractivity contribution in [1.82, 2.24) is 16.0 Å². The number of amides is 4. The number of aliphatic hydroxyl groups is 1. The molecule has 0 aromatic carbocycles. The maximum absolute atomic E-state index is 12.0. The fraction of sp³-hybridized carbons (Fsp3) is 0.615. The molecule has 0 aliphatic carbocycles. The Kier molecular flexibility index (Phi) is 9.09. The fourth-order valence-corrected chi connectivity index (χ4v) is 1.54. The first-order valence-corrected chi connectivity index (χ1v) is 7.27. The Morgan fingerprint density at radius 3 is 2.04 bits per heavy atom. The standard InChI is InChI=1S/C13H23N5O7/c1-5(13(24)25)17-9(21)4-16-11(22)7(3-8(14)20)18-12(23)10(15)6(2)19/h5-7,10,19H,3-4,15H2,1-2H3,(H2,14,20)(H,16,22)(H,17,21)(H,18,23)(H,24,25). The number of carbonyl (C=O) groups is 5. The molecule has 4 amide bonds. The Balaban J connectivity index is 4.74. The minimum atomic E-state index is -1.40. The number of nitrogens with one attached hydrogen (secondary N) is 3. The van der Waals surface area contributed by atoms with Crippen molar-refractivity contribution in [1.29, 1.82) is 0 Å². The zero-order valence-corrected chi connectivity index (χ0v) is 13.8. The van der Waals surface area contributed by atoms with Crippen LogP contribution in [-0.2, 0) is 24.0 Å². The number of rotatable bonds is 10. The molecule has 0 aromatic rings. The molecule has 4 unspecified atom stereocenters. The van der Waals surface area contributed by atoms with Crippen molar-refractivity contribution >= 4 is 29.6 Å². The van der Waals surface area contributed by atoms with Crippen LogP contribution in [0.5, 0.6) is 0 Å². The lowest BCUT2D eigenvalue weighted by atomic mass is 10.1. The van der Waals surface area contributed by atoms with E-state index in [-0.39, 0.29) is 0 Å². The van der Waals surface area contributed by atoms with Crippen molar-refractivity contribution in [3.63, 3.8) is 0 Å². The van der Waals surface area contributed by atoms with E-state index in [1.54, 1.807) is 0 Å². The number of carbonyl (C=O) groups excluding carboxylic acids is 4. The van der Waals surface area contributed by atoms with Gasteiger partial charge in [0.2, 0.25) is 23.6 Å². The molecule has 0 aliphatic heterocycles. The normalized spacial score (nSPS) is 15.2. The van der Waals surface area contributed by atoms with Gasteiger partial charge in [-0.05, 0) is 13.8 Å². The van der Waals surface area contributed by atoms with E-state index in [9.17, 15) is 29.1 Å². The highest BCUT2D eigenvalue weighted by atomic mass is 16.4. The van der Waals surface area contributed by atoms with Crippen LogP contribution in [0.4, 0.5) is 0 Å². The first-order valence-electron chi connectivity index (χ1n) is 7.27. The molecular formula is C13H23N5O7. The number of hydrogen-bond acceptors (Lipinski definition) is 7. The van der Waals surface area contributed by atoms with E-state index in [0.717, 1.165) is 0 Å². The predicted molar refractivity (Wildman–Crippen MR) is 83.6 cm³/mol. The molecule has 0 saturated heterocycles. The predicted octanol–water partition coefficient (Wildman–Crippen LogP) is -4.24. The summed E-state index contributed by atoms with van der Waals surface area (Å²) in [6.07, 6.45) is -1.75. The van der Waals surface area contributed by atoms with Crippen molar-refractivity contribution in [3.05, 3.63) is 0 Å². The van der Waals surface area contributed by atoms with Gasteiger partial charge in [0.25, 0.3) is 0 Å². The van der Waals surface area contributed by atoms with Crippen LogP contribution in [0.25, 0.3) is 0 Å². The van der Waals surface area contributed by atoms with E-state index >= 15 is 0 Å². The van der Waals surface area contributed by atoms with Gasteiger partial charge in [0, 0.05) is 0 Å². The van der Waals surface area contributed by atoms with Crippen LogP contribution in [-0.4, -0.2) is 70.6 Å². The molecule has 4 atom stereocenters. The Morgan fingerprint density at radius 2 is 1.60 bits per heavy atom. The van der Waals surface area contributed by atoms with E-state index in [0.29, 0.717) is 0 Å². The number of primary amides is 1. The molecule has 0 aliphatic rings. The summed E-state index contributed by atoms with van der Waals surface area (Å²) in [5.74, 6) is -4.72. The molecule has 0 fully saturated rings. The monoisotopic (exact) mass is 361 g/mol.